The van der Waals surface area contributed by atoms with E-state index < -0.39 is 8.07 Å². The van der Waals surface area contributed by atoms with Crippen LogP contribution in [0.2, 0.25) is 19.6 Å². The highest BCUT2D eigenvalue weighted by Gasteiger charge is 2.22. The van der Waals surface area contributed by atoms with Gasteiger partial charge in [-0.05, 0) is 6.92 Å². The van der Waals surface area contributed by atoms with Gasteiger partial charge in [-0.3, -0.25) is 0 Å². The van der Waals surface area contributed by atoms with Crippen LogP contribution in [0, 0.1) is 0 Å². The van der Waals surface area contributed by atoms with E-state index in [1.165, 1.54) is 0 Å². The molecule has 0 aromatic heterocycles. The van der Waals surface area contributed by atoms with Gasteiger partial charge in [-0.15, -0.1) is 0 Å². The molecular weight excluding hydrogens is 140 g/mol. The molecule has 0 aromatic rings. The lowest BCUT2D eigenvalue weighted by Crippen LogP contribution is -2.33. The van der Waals surface area contributed by atoms with Gasteiger partial charge in [0.2, 0.25) is 0 Å². The number of rotatable bonds is 3. The Kier molecular flexibility index (Phi) is 3.03. The Morgan fingerprint density at radius 2 is 1.80 bits per heavy atom. The van der Waals surface area contributed by atoms with E-state index in [2.05, 4.69) is 26.2 Å². The van der Waals surface area contributed by atoms with Gasteiger partial charge in [0.15, 0.2) is 0 Å². The lowest BCUT2D eigenvalue weighted by molar-refractivity contribution is -0.112. The Labute approximate surface area is 64.1 Å². The molecule has 1 nitrogen and oxygen atoms in total. The molecule has 2 heteroatoms. The van der Waals surface area contributed by atoms with Crippen LogP contribution in [-0.4, -0.2) is 13.5 Å². The third-order valence-corrected chi connectivity index (χ3v) is 3.15. The molecule has 0 bridgehead atoms. The summed E-state index contributed by atoms with van der Waals surface area (Å²) >= 11 is 0. The van der Waals surface area contributed by atoms with Crippen molar-refractivity contribution >= 4 is 13.5 Å². The number of hydrogen-bond acceptors (Lipinski definition) is 1. The summed E-state index contributed by atoms with van der Waals surface area (Å²) in [5, 5.41) is 0.403. The maximum absolute atomic E-state index is 11.3. The largest absolute Gasteiger partial charge is 0.305 e. The quantitative estimate of drug-likeness (QED) is 0.453. The highest BCUT2D eigenvalue weighted by molar-refractivity contribution is 7.03. The van der Waals surface area contributed by atoms with Crippen LogP contribution >= 0.6 is 0 Å². The summed E-state index contributed by atoms with van der Waals surface area (Å²) in [5.41, 5.74) is 0.979. The summed E-state index contributed by atoms with van der Waals surface area (Å²) in [6.45, 7) is 11.8. The summed E-state index contributed by atoms with van der Waals surface area (Å²) in [7, 11) is -1.52. The molecule has 0 heterocycles. The van der Waals surface area contributed by atoms with Gasteiger partial charge in [0, 0.05) is 6.42 Å². The van der Waals surface area contributed by atoms with Crippen LogP contribution in [0.4, 0.5) is 0 Å². The second-order valence-corrected chi connectivity index (χ2v) is 8.86. The van der Waals surface area contributed by atoms with Gasteiger partial charge in [-0.25, -0.2) is 0 Å². The van der Waals surface area contributed by atoms with Crippen LogP contribution in [0.1, 0.15) is 13.3 Å². The predicted octanol–water partition coefficient (Wildman–Crippen LogP) is 2.40. The van der Waals surface area contributed by atoms with E-state index in [0.29, 0.717) is 11.8 Å². The summed E-state index contributed by atoms with van der Waals surface area (Å²) in [4.78, 5) is 11.3. The summed E-state index contributed by atoms with van der Waals surface area (Å²) < 4.78 is 0. The van der Waals surface area contributed by atoms with Gasteiger partial charge in [-0.2, -0.15) is 0 Å². The zero-order valence-electron chi connectivity index (χ0n) is 7.32. The highest BCUT2D eigenvalue weighted by Crippen LogP contribution is 2.08. The summed E-state index contributed by atoms with van der Waals surface area (Å²) in [6, 6.07) is 0. The van der Waals surface area contributed by atoms with E-state index >= 15 is 0 Å². The summed E-state index contributed by atoms with van der Waals surface area (Å²) in [6.07, 6.45) is 0.579. The van der Waals surface area contributed by atoms with Crippen LogP contribution in [0.15, 0.2) is 12.2 Å². The molecule has 0 aliphatic heterocycles. The minimum atomic E-state index is -1.52. The SMILES string of the molecule is C=C(C)CC(=O)[Si](C)(C)C. The molecule has 0 aromatic carbocycles. The molecule has 0 amide bonds. The molecular formula is C8H16OSi. The molecule has 0 unspecified atom stereocenters. The van der Waals surface area contributed by atoms with Crippen molar-refractivity contribution in [3.8, 4) is 0 Å². The molecule has 0 fully saturated rings. The zero-order chi connectivity index (χ0) is 8.36. The zero-order valence-corrected chi connectivity index (χ0v) is 8.32. The second kappa shape index (κ2) is 3.15. The highest BCUT2D eigenvalue weighted by atomic mass is 28.3. The van der Waals surface area contributed by atoms with Crippen molar-refractivity contribution in [3.05, 3.63) is 12.2 Å². The number of carbonyl (C=O) groups is 1. The Bertz CT molecular complexity index is 153. The lowest BCUT2D eigenvalue weighted by atomic mass is 10.3. The number of hydrogen-bond donors (Lipinski definition) is 0. The van der Waals surface area contributed by atoms with E-state index in [1.54, 1.807) is 0 Å². The van der Waals surface area contributed by atoms with Crippen molar-refractivity contribution in [1.29, 1.82) is 0 Å². The van der Waals surface area contributed by atoms with Crippen LogP contribution in [0.25, 0.3) is 0 Å². The van der Waals surface area contributed by atoms with Gasteiger partial charge in [-0.1, -0.05) is 31.8 Å². The predicted molar refractivity (Wildman–Crippen MR) is 47.8 cm³/mol. The van der Waals surface area contributed by atoms with Crippen LogP contribution in [0.3, 0.4) is 0 Å². The third kappa shape index (κ3) is 3.61. The van der Waals surface area contributed by atoms with Crippen LogP contribution in [-0.2, 0) is 4.79 Å². The van der Waals surface area contributed by atoms with Crippen molar-refractivity contribution in [2.75, 3.05) is 0 Å². The summed E-state index contributed by atoms with van der Waals surface area (Å²) in [5.74, 6) is 0. The minimum Gasteiger partial charge on any atom is -0.305 e. The average Bonchev–Trinajstić information content (AvgIpc) is 1.60. The van der Waals surface area contributed by atoms with E-state index in [0.717, 1.165) is 5.57 Å². The second-order valence-electron chi connectivity index (χ2n) is 3.81. The molecule has 0 N–H and O–H groups in total. The van der Waals surface area contributed by atoms with Crippen molar-refractivity contribution < 1.29 is 4.79 Å². The van der Waals surface area contributed by atoms with Gasteiger partial charge < -0.3 is 4.79 Å². The lowest BCUT2D eigenvalue weighted by Gasteiger charge is -2.13. The molecule has 10 heavy (non-hydrogen) atoms. The molecule has 0 saturated heterocycles. The Balaban J connectivity index is 3.99. The topological polar surface area (TPSA) is 17.1 Å². The molecule has 58 valence electrons. The molecule has 0 saturated carbocycles. The van der Waals surface area contributed by atoms with E-state index in [-0.39, 0.29) is 0 Å². The minimum absolute atomic E-state index is 0.403. The fraction of sp³-hybridized carbons (Fsp3) is 0.625. The van der Waals surface area contributed by atoms with Crippen molar-refractivity contribution in [2.24, 2.45) is 0 Å². The van der Waals surface area contributed by atoms with Crippen LogP contribution < -0.4 is 0 Å². The molecule has 0 aliphatic carbocycles. The first-order valence-electron chi connectivity index (χ1n) is 3.51. The van der Waals surface area contributed by atoms with E-state index in [1.807, 2.05) is 6.92 Å². The van der Waals surface area contributed by atoms with Gasteiger partial charge in [0.25, 0.3) is 0 Å². The molecule has 0 radical (unpaired) electrons. The molecule has 0 atom stereocenters. The number of allylic oxidation sites excluding steroid dienone is 1. The standard InChI is InChI=1S/C8H16OSi/c1-7(2)6-8(9)10(3,4)5/h1,6H2,2-5H3. The maximum Gasteiger partial charge on any atom is 0.124 e. The molecule has 0 rings (SSSR count). The monoisotopic (exact) mass is 156 g/mol. The normalized spacial score (nSPS) is 11.2. The van der Waals surface area contributed by atoms with Gasteiger partial charge in [0.05, 0.1) is 0 Å². The first-order valence-corrected chi connectivity index (χ1v) is 7.01. The smallest absolute Gasteiger partial charge is 0.124 e. The first kappa shape index (κ1) is 9.63. The fourth-order valence-corrected chi connectivity index (χ4v) is 1.37. The van der Waals surface area contributed by atoms with Crippen molar-refractivity contribution in [3.63, 3.8) is 0 Å². The molecule has 0 aliphatic rings. The third-order valence-electron chi connectivity index (χ3n) is 1.30. The van der Waals surface area contributed by atoms with Crippen molar-refractivity contribution in [1.82, 2.24) is 0 Å². The molecule has 0 spiro atoms. The van der Waals surface area contributed by atoms with Gasteiger partial charge in [0.1, 0.15) is 13.5 Å². The average molecular weight is 156 g/mol. The first-order chi connectivity index (χ1) is 4.34. The van der Waals surface area contributed by atoms with Gasteiger partial charge >= 0.3 is 0 Å². The Morgan fingerprint density at radius 3 is 1.90 bits per heavy atom. The Morgan fingerprint density at radius 1 is 1.40 bits per heavy atom. The van der Waals surface area contributed by atoms with E-state index in [9.17, 15) is 4.79 Å². The van der Waals surface area contributed by atoms with E-state index in [4.69, 9.17) is 0 Å². The Hall–Kier alpha value is -0.373. The maximum atomic E-state index is 11.3. The number of carbonyl (C=O) groups excluding carboxylic acids is 1. The van der Waals surface area contributed by atoms with Crippen LogP contribution in [0.5, 0.6) is 0 Å². The van der Waals surface area contributed by atoms with Crippen molar-refractivity contribution in [2.45, 2.75) is 33.0 Å². The fourth-order valence-electron chi connectivity index (χ4n) is 0.539.